The minimum atomic E-state index is 0.550. The monoisotopic (exact) mass is 335 g/mol. The summed E-state index contributed by atoms with van der Waals surface area (Å²) in [5.41, 5.74) is 1.01. The molecule has 1 saturated heterocycles. The molecule has 1 aromatic carbocycles. The molecule has 2 rings (SSSR count). The Labute approximate surface area is 144 Å². The van der Waals surface area contributed by atoms with Gasteiger partial charge in [0.2, 0.25) is 0 Å². The van der Waals surface area contributed by atoms with E-state index >= 15 is 0 Å². The number of nitrogens with zero attached hydrogens (tertiary/aromatic N) is 2. The number of ether oxygens (including phenoxy) is 3. The number of benzene rings is 1. The zero-order valence-corrected chi connectivity index (χ0v) is 15.2. The molecule has 0 saturated carbocycles. The van der Waals surface area contributed by atoms with Gasteiger partial charge in [0, 0.05) is 38.2 Å². The molecular weight excluding hydrogens is 306 g/mol. The summed E-state index contributed by atoms with van der Waals surface area (Å²) in [5, 5.41) is 3.39. The lowest BCUT2D eigenvalue weighted by Crippen LogP contribution is -2.40. The van der Waals surface area contributed by atoms with E-state index < -0.39 is 0 Å². The summed E-state index contributed by atoms with van der Waals surface area (Å²) in [4.78, 5) is 7.10. The Balaban J connectivity index is 2.12. The third kappa shape index (κ3) is 4.54. The number of likely N-dealkylation sites (tertiary alicyclic amines) is 1. The van der Waals surface area contributed by atoms with Crippen LogP contribution in [0.3, 0.4) is 0 Å². The second kappa shape index (κ2) is 9.37. The lowest BCUT2D eigenvalue weighted by molar-refractivity contribution is 0.157. The number of hydrogen-bond acceptors (Lipinski definition) is 4. The molecule has 0 amide bonds. The molecule has 1 aliphatic heterocycles. The van der Waals surface area contributed by atoms with Crippen molar-refractivity contribution >= 4 is 5.96 Å². The third-order valence-electron chi connectivity index (χ3n) is 4.21. The van der Waals surface area contributed by atoms with E-state index in [4.69, 9.17) is 19.2 Å². The van der Waals surface area contributed by atoms with Crippen molar-refractivity contribution in [1.29, 1.82) is 0 Å². The number of para-hydroxylation sites is 1. The molecule has 6 nitrogen and oxygen atoms in total. The van der Waals surface area contributed by atoms with Crippen molar-refractivity contribution in [3.8, 4) is 11.5 Å². The van der Waals surface area contributed by atoms with Crippen LogP contribution in [-0.2, 0) is 11.3 Å². The predicted molar refractivity (Wildman–Crippen MR) is 95.9 cm³/mol. The van der Waals surface area contributed by atoms with Crippen molar-refractivity contribution in [2.24, 2.45) is 10.9 Å². The van der Waals surface area contributed by atoms with Gasteiger partial charge in [-0.2, -0.15) is 0 Å². The van der Waals surface area contributed by atoms with E-state index in [1.807, 2.05) is 18.2 Å². The molecule has 1 fully saturated rings. The van der Waals surface area contributed by atoms with E-state index in [0.717, 1.165) is 55.7 Å². The zero-order valence-electron chi connectivity index (χ0n) is 15.2. The van der Waals surface area contributed by atoms with E-state index in [1.165, 1.54) is 0 Å². The molecular formula is C18H29N3O3. The molecule has 1 unspecified atom stereocenters. The van der Waals surface area contributed by atoms with Crippen LogP contribution in [0.5, 0.6) is 11.5 Å². The van der Waals surface area contributed by atoms with Crippen LogP contribution >= 0.6 is 0 Å². The van der Waals surface area contributed by atoms with Gasteiger partial charge in [-0.3, -0.25) is 0 Å². The van der Waals surface area contributed by atoms with E-state index in [9.17, 15) is 0 Å². The fourth-order valence-corrected chi connectivity index (χ4v) is 3.06. The van der Waals surface area contributed by atoms with Gasteiger partial charge in [-0.1, -0.05) is 12.1 Å². The highest BCUT2D eigenvalue weighted by Crippen LogP contribution is 2.31. The van der Waals surface area contributed by atoms with Gasteiger partial charge in [-0.25, -0.2) is 4.99 Å². The Morgan fingerprint density at radius 3 is 2.79 bits per heavy atom. The van der Waals surface area contributed by atoms with Crippen LogP contribution in [0.1, 0.15) is 18.9 Å². The molecule has 0 bridgehead atoms. The molecule has 1 atom stereocenters. The van der Waals surface area contributed by atoms with Crippen molar-refractivity contribution in [1.82, 2.24) is 10.2 Å². The Morgan fingerprint density at radius 2 is 2.12 bits per heavy atom. The third-order valence-corrected chi connectivity index (χ3v) is 4.21. The molecule has 0 spiro atoms. The summed E-state index contributed by atoms with van der Waals surface area (Å²) in [7, 11) is 5.07. The highest BCUT2D eigenvalue weighted by atomic mass is 16.5. The van der Waals surface area contributed by atoms with E-state index in [1.54, 1.807) is 21.3 Å². The number of guanidine groups is 1. The molecule has 1 N–H and O–H groups in total. The van der Waals surface area contributed by atoms with Crippen LogP contribution in [0, 0.1) is 5.92 Å². The molecule has 24 heavy (non-hydrogen) atoms. The van der Waals surface area contributed by atoms with Gasteiger partial charge in [-0.15, -0.1) is 0 Å². The Kier molecular flexibility index (Phi) is 7.18. The second-order valence-electron chi connectivity index (χ2n) is 5.88. The highest BCUT2D eigenvalue weighted by molar-refractivity contribution is 5.80. The predicted octanol–water partition coefficient (Wildman–Crippen LogP) is 2.14. The Hall–Kier alpha value is -1.95. The lowest BCUT2D eigenvalue weighted by atomic mass is 10.1. The fourth-order valence-electron chi connectivity index (χ4n) is 3.06. The van der Waals surface area contributed by atoms with E-state index in [-0.39, 0.29) is 0 Å². The minimum absolute atomic E-state index is 0.550. The first-order valence-corrected chi connectivity index (χ1v) is 8.45. The van der Waals surface area contributed by atoms with Gasteiger partial charge in [0.1, 0.15) is 0 Å². The van der Waals surface area contributed by atoms with E-state index in [0.29, 0.717) is 12.5 Å². The van der Waals surface area contributed by atoms with Gasteiger partial charge >= 0.3 is 0 Å². The first kappa shape index (κ1) is 18.4. The number of nitrogens with one attached hydrogen (secondary N) is 1. The maximum absolute atomic E-state index is 5.49. The van der Waals surface area contributed by atoms with Gasteiger partial charge in [0.15, 0.2) is 17.5 Å². The largest absolute Gasteiger partial charge is 0.493 e. The lowest BCUT2D eigenvalue weighted by Gasteiger charge is -2.22. The Morgan fingerprint density at radius 1 is 1.29 bits per heavy atom. The molecule has 0 aromatic heterocycles. The van der Waals surface area contributed by atoms with Crippen LogP contribution < -0.4 is 14.8 Å². The maximum Gasteiger partial charge on any atom is 0.194 e. The average Bonchev–Trinajstić information content (AvgIpc) is 3.06. The summed E-state index contributed by atoms with van der Waals surface area (Å²) in [6.45, 7) is 6.28. The number of rotatable bonds is 7. The summed E-state index contributed by atoms with van der Waals surface area (Å²) in [5.74, 6) is 3.00. The molecule has 0 radical (unpaired) electrons. The average molecular weight is 335 g/mol. The van der Waals surface area contributed by atoms with Crippen LogP contribution in [0.25, 0.3) is 0 Å². The minimum Gasteiger partial charge on any atom is -0.493 e. The topological polar surface area (TPSA) is 55.3 Å². The normalized spacial score (nSPS) is 17.9. The van der Waals surface area contributed by atoms with Crippen molar-refractivity contribution in [2.45, 2.75) is 19.9 Å². The summed E-state index contributed by atoms with van der Waals surface area (Å²) < 4.78 is 16.1. The van der Waals surface area contributed by atoms with Crippen LogP contribution in [0.15, 0.2) is 23.2 Å². The SMILES string of the molecule is CCNC(=NCc1cccc(OC)c1OC)N1CCC(COC)C1. The van der Waals surface area contributed by atoms with Gasteiger partial charge in [0.25, 0.3) is 0 Å². The second-order valence-corrected chi connectivity index (χ2v) is 5.88. The number of hydrogen-bond donors (Lipinski definition) is 1. The highest BCUT2D eigenvalue weighted by Gasteiger charge is 2.24. The van der Waals surface area contributed by atoms with Crippen molar-refractivity contribution < 1.29 is 14.2 Å². The van der Waals surface area contributed by atoms with Gasteiger partial charge < -0.3 is 24.4 Å². The molecule has 1 aromatic rings. The quantitative estimate of drug-likeness (QED) is 0.611. The first-order valence-electron chi connectivity index (χ1n) is 8.45. The Bertz CT molecular complexity index is 548. The summed E-state index contributed by atoms with van der Waals surface area (Å²) in [6, 6.07) is 5.88. The smallest absolute Gasteiger partial charge is 0.194 e. The molecule has 1 aliphatic rings. The summed E-state index contributed by atoms with van der Waals surface area (Å²) >= 11 is 0. The van der Waals surface area contributed by atoms with Crippen LogP contribution in [0.4, 0.5) is 0 Å². The molecule has 6 heteroatoms. The number of methoxy groups -OCH3 is 3. The fraction of sp³-hybridized carbons (Fsp3) is 0.611. The van der Waals surface area contributed by atoms with Crippen LogP contribution in [0.2, 0.25) is 0 Å². The van der Waals surface area contributed by atoms with Crippen molar-refractivity contribution in [2.75, 3.05) is 47.6 Å². The van der Waals surface area contributed by atoms with Crippen LogP contribution in [-0.4, -0.2) is 58.4 Å². The van der Waals surface area contributed by atoms with Gasteiger partial charge in [-0.05, 0) is 19.4 Å². The number of aliphatic imine (C=N–C) groups is 1. The first-order chi connectivity index (χ1) is 11.7. The van der Waals surface area contributed by atoms with Crippen molar-refractivity contribution in [3.63, 3.8) is 0 Å². The maximum atomic E-state index is 5.49. The molecule has 1 heterocycles. The zero-order chi connectivity index (χ0) is 17.4. The summed E-state index contributed by atoms with van der Waals surface area (Å²) in [6.07, 6.45) is 1.14. The van der Waals surface area contributed by atoms with E-state index in [2.05, 4.69) is 17.1 Å². The van der Waals surface area contributed by atoms with Gasteiger partial charge in [0.05, 0.1) is 27.4 Å². The standard InChI is InChI=1S/C18H29N3O3/c1-5-19-18(21-10-9-14(12-21)13-22-2)20-11-15-7-6-8-16(23-3)17(15)24-4/h6-8,14H,5,9-13H2,1-4H3,(H,19,20). The molecule has 0 aliphatic carbocycles. The van der Waals surface area contributed by atoms with Crippen molar-refractivity contribution in [3.05, 3.63) is 23.8 Å². The molecule has 134 valence electrons.